The summed E-state index contributed by atoms with van der Waals surface area (Å²) in [5.41, 5.74) is 1.99. The fourth-order valence-corrected chi connectivity index (χ4v) is 4.03. The fourth-order valence-electron chi connectivity index (χ4n) is 3.46. The Balaban J connectivity index is 1.47. The van der Waals surface area contributed by atoms with Crippen molar-refractivity contribution in [2.45, 2.75) is 19.4 Å². The highest BCUT2D eigenvalue weighted by atomic mass is 35.5. The predicted octanol–water partition coefficient (Wildman–Crippen LogP) is 4.89. The van der Waals surface area contributed by atoms with Crippen LogP contribution in [0.25, 0.3) is 0 Å². The van der Waals surface area contributed by atoms with Crippen LogP contribution >= 0.6 is 23.2 Å². The van der Waals surface area contributed by atoms with Gasteiger partial charge in [0.15, 0.2) is 0 Å². The molecule has 2 amide bonds. The first kappa shape index (κ1) is 20.6. The van der Waals surface area contributed by atoms with Gasteiger partial charge in [0.25, 0.3) is 0 Å². The number of benzene rings is 2. The monoisotopic (exact) mass is 421 g/mol. The summed E-state index contributed by atoms with van der Waals surface area (Å²) in [5, 5.41) is 7.03. The minimum atomic E-state index is -0.207. The second-order valence-corrected chi connectivity index (χ2v) is 7.89. The normalized spacial score (nSPS) is 17.3. The van der Waals surface area contributed by atoms with Crippen molar-refractivity contribution in [3.8, 4) is 5.75 Å². The maximum Gasteiger partial charge on any atom is 0.315 e. The number of anilines is 1. The van der Waals surface area contributed by atoms with Crippen molar-refractivity contribution in [2.75, 3.05) is 31.6 Å². The van der Waals surface area contributed by atoms with E-state index in [0.29, 0.717) is 22.5 Å². The van der Waals surface area contributed by atoms with Gasteiger partial charge in [0.05, 0.1) is 13.2 Å². The quantitative estimate of drug-likeness (QED) is 0.697. The molecule has 1 saturated heterocycles. The topological polar surface area (TPSA) is 53.6 Å². The van der Waals surface area contributed by atoms with Gasteiger partial charge in [0.2, 0.25) is 0 Å². The van der Waals surface area contributed by atoms with Crippen molar-refractivity contribution in [1.82, 2.24) is 10.6 Å². The number of hydrogen-bond donors (Lipinski definition) is 2. The molecule has 2 aromatic rings. The molecule has 1 aliphatic rings. The first-order valence-corrected chi connectivity index (χ1v) is 10.1. The smallest absolute Gasteiger partial charge is 0.315 e. The molecule has 1 fully saturated rings. The van der Waals surface area contributed by atoms with Crippen LogP contribution < -0.4 is 20.3 Å². The molecular weight excluding hydrogens is 397 g/mol. The van der Waals surface area contributed by atoms with E-state index in [4.69, 9.17) is 27.9 Å². The van der Waals surface area contributed by atoms with Gasteiger partial charge in [-0.1, -0.05) is 35.3 Å². The second kappa shape index (κ2) is 9.39. The lowest BCUT2D eigenvalue weighted by molar-refractivity contribution is 0.236. The zero-order valence-corrected chi connectivity index (χ0v) is 17.6. The molecule has 2 N–H and O–H groups in total. The maximum atomic E-state index is 12.3. The van der Waals surface area contributed by atoms with Crippen LogP contribution in [0.2, 0.25) is 10.0 Å². The van der Waals surface area contributed by atoms with E-state index in [9.17, 15) is 4.79 Å². The van der Waals surface area contributed by atoms with Crippen LogP contribution in [-0.4, -0.2) is 32.8 Å². The number of ether oxygens (including phenoxy) is 1. The molecule has 150 valence electrons. The largest absolute Gasteiger partial charge is 0.497 e. The molecule has 2 unspecified atom stereocenters. The standard InChI is InChI=1S/C21H25Cl2N3O2/c1-14(19-7-6-16(22)10-20(19)23)25-21(27)24-12-15-8-9-26(13-15)17-4-3-5-18(11-17)28-2/h3-7,10-11,14-15H,8-9,12-13H2,1-2H3,(H2,24,25,27). The molecule has 5 nitrogen and oxygen atoms in total. The number of urea groups is 1. The van der Waals surface area contributed by atoms with E-state index in [2.05, 4.69) is 21.6 Å². The Bertz CT molecular complexity index is 831. The van der Waals surface area contributed by atoms with E-state index in [1.54, 1.807) is 19.2 Å². The van der Waals surface area contributed by atoms with Crippen LogP contribution in [0.1, 0.15) is 24.9 Å². The number of nitrogens with zero attached hydrogens (tertiary/aromatic N) is 1. The van der Waals surface area contributed by atoms with E-state index in [0.717, 1.165) is 36.5 Å². The Labute approximate surface area is 176 Å². The molecule has 1 aliphatic heterocycles. The van der Waals surface area contributed by atoms with E-state index >= 15 is 0 Å². The van der Waals surface area contributed by atoms with Gasteiger partial charge in [0.1, 0.15) is 5.75 Å². The summed E-state index contributed by atoms with van der Waals surface area (Å²) >= 11 is 12.1. The Morgan fingerprint density at radius 1 is 1.29 bits per heavy atom. The molecule has 0 bridgehead atoms. The van der Waals surface area contributed by atoms with Gasteiger partial charge in [-0.05, 0) is 49.1 Å². The number of halogens is 2. The molecule has 2 aromatic carbocycles. The summed E-state index contributed by atoms with van der Waals surface area (Å²) in [6.45, 7) is 4.41. The van der Waals surface area contributed by atoms with Crippen molar-refractivity contribution in [3.05, 3.63) is 58.1 Å². The van der Waals surface area contributed by atoms with Crippen LogP contribution in [-0.2, 0) is 0 Å². The van der Waals surface area contributed by atoms with Gasteiger partial charge in [0, 0.05) is 41.4 Å². The fraction of sp³-hybridized carbons (Fsp3) is 0.381. The third-order valence-corrected chi connectivity index (χ3v) is 5.59. The van der Waals surface area contributed by atoms with Gasteiger partial charge in [-0.25, -0.2) is 4.79 Å². The average Bonchev–Trinajstić information content (AvgIpc) is 3.15. The highest BCUT2D eigenvalue weighted by Crippen LogP contribution is 2.27. The van der Waals surface area contributed by atoms with Crippen molar-refractivity contribution in [2.24, 2.45) is 5.92 Å². The number of carbonyl (C=O) groups is 1. The molecule has 0 aliphatic carbocycles. The third-order valence-electron chi connectivity index (χ3n) is 5.03. The first-order chi connectivity index (χ1) is 13.5. The Hall–Kier alpha value is -2.11. The van der Waals surface area contributed by atoms with Gasteiger partial charge in [-0.3, -0.25) is 0 Å². The zero-order valence-electron chi connectivity index (χ0n) is 16.0. The summed E-state index contributed by atoms with van der Waals surface area (Å²) < 4.78 is 5.30. The summed E-state index contributed by atoms with van der Waals surface area (Å²) in [6.07, 6.45) is 1.04. The van der Waals surface area contributed by atoms with Crippen LogP contribution in [0.4, 0.5) is 10.5 Å². The highest BCUT2D eigenvalue weighted by molar-refractivity contribution is 6.35. The second-order valence-electron chi connectivity index (χ2n) is 7.04. The number of hydrogen-bond acceptors (Lipinski definition) is 3. The van der Waals surface area contributed by atoms with Gasteiger partial charge < -0.3 is 20.3 Å². The minimum absolute atomic E-state index is 0.196. The molecule has 7 heteroatoms. The number of methoxy groups -OCH3 is 1. The lowest BCUT2D eigenvalue weighted by Crippen LogP contribution is -2.40. The Kier molecular flexibility index (Phi) is 6.92. The van der Waals surface area contributed by atoms with Gasteiger partial charge in [-0.15, -0.1) is 0 Å². The molecular formula is C21H25Cl2N3O2. The van der Waals surface area contributed by atoms with Crippen LogP contribution in [0.3, 0.4) is 0 Å². The molecule has 3 rings (SSSR count). The third kappa shape index (κ3) is 5.24. The number of carbonyl (C=O) groups excluding carboxylic acids is 1. The predicted molar refractivity (Wildman–Crippen MR) is 115 cm³/mol. The molecule has 1 heterocycles. The van der Waals surface area contributed by atoms with Crippen molar-refractivity contribution in [1.29, 1.82) is 0 Å². The lowest BCUT2D eigenvalue weighted by atomic mass is 10.1. The molecule has 0 aromatic heterocycles. The highest BCUT2D eigenvalue weighted by Gasteiger charge is 2.23. The average molecular weight is 422 g/mol. The van der Waals surface area contributed by atoms with Crippen LogP contribution in [0.5, 0.6) is 5.75 Å². The van der Waals surface area contributed by atoms with E-state index < -0.39 is 0 Å². The van der Waals surface area contributed by atoms with Gasteiger partial charge in [-0.2, -0.15) is 0 Å². The maximum absolute atomic E-state index is 12.3. The zero-order chi connectivity index (χ0) is 20.1. The van der Waals surface area contributed by atoms with Gasteiger partial charge >= 0.3 is 6.03 Å². The molecule has 2 atom stereocenters. The van der Waals surface area contributed by atoms with Crippen molar-refractivity contribution >= 4 is 34.9 Å². The Morgan fingerprint density at radius 3 is 2.86 bits per heavy atom. The van der Waals surface area contributed by atoms with E-state index in [-0.39, 0.29) is 12.1 Å². The first-order valence-electron chi connectivity index (χ1n) is 9.34. The van der Waals surface area contributed by atoms with E-state index in [1.165, 1.54) is 0 Å². The molecule has 0 radical (unpaired) electrons. The lowest BCUT2D eigenvalue weighted by Gasteiger charge is -2.20. The van der Waals surface area contributed by atoms with Crippen molar-refractivity contribution < 1.29 is 9.53 Å². The molecule has 0 saturated carbocycles. The SMILES string of the molecule is COc1cccc(N2CCC(CNC(=O)NC(C)c3ccc(Cl)cc3Cl)C2)c1. The summed E-state index contributed by atoms with van der Waals surface area (Å²) in [5.74, 6) is 1.26. The number of amides is 2. The van der Waals surface area contributed by atoms with E-state index in [1.807, 2.05) is 31.2 Å². The summed E-state index contributed by atoms with van der Waals surface area (Å²) in [7, 11) is 1.67. The van der Waals surface area contributed by atoms with Crippen molar-refractivity contribution in [3.63, 3.8) is 0 Å². The van der Waals surface area contributed by atoms with Crippen LogP contribution in [0, 0.1) is 5.92 Å². The summed E-state index contributed by atoms with van der Waals surface area (Å²) in [4.78, 5) is 14.6. The number of rotatable bonds is 6. The molecule has 0 spiro atoms. The summed E-state index contributed by atoms with van der Waals surface area (Å²) in [6, 6.07) is 12.9. The number of nitrogens with one attached hydrogen (secondary N) is 2. The molecule has 28 heavy (non-hydrogen) atoms. The minimum Gasteiger partial charge on any atom is -0.497 e. The van der Waals surface area contributed by atoms with Crippen LogP contribution in [0.15, 0.2) is 42.5 Å². The Morgan fingerprint density at radius 2 is 2.11 bits per heavy atom.